The van der Waals surface area contributed by atoms with Crippen LogP contribution in [0.5, 0.6) is 0 Å². The molecule has 0 unspecified atom stereocenters. The summed E-state index contributed by atoms with van der Waals surface area (Å²) in [5.41, 5.74) is 0. The molecule has 0 aliphatic heterocycles. The van der Waals surface area contributed by atoms with E-state index in [4.69, 9.17) is 0 Å². The van der Waals surface area contributed by atoms with Crippen LogP contribution in [-0.4, -0.2) is 30.7 Å². The standard InChI is InChI=1S/C7H14N2O.C2H6/c1-5-7(8-3)9(4)6(2)10;1-2/h5H2,1-4H3;1-2H3. The van der Waals surface area contributed by atoms with Gasteiger partial charge in [0.05, 0.1) is 0 Å². The molecule has 0 N–H and O–H groups in total. The fraction of sp³-hybridized carbons (Fsp3) is 0.778. The molecule has 0 rings (SSSR count). The van der Waals surface area contributed by atoms with Gasteiger partial charge < -0.3 is 4.90 Å². The van der Waals surface area contributed by atoms with Gasteiger partial charge in [0.1, 0.15) is 5.84 Å². The zero-order valence-corrected chi connectivity index (χ0v) is 9.01. The number of hydrogen-bond donors (Lipinski definition) is 0. The van der Waals surface area contributed by atoms with Gasteiger partial charge in [-0.1, -0.05) is 20.8 Å². The second kappa shape index (κ2) is 8.24. The highest BCUT2D eigenvalue weighted by atomic mass is 16.2. The van der Waals surface area contributed by atoms with Gasteiger partial charge in [0.25, 0.3) is 0 Å². The molecule has 1 amide bonds. The summed E-state index contributed by atoms with van der Waals surface area (Å²) in [6.45, 7) is 7.50. The van der Waals surface area contributed by atoms with E-state index in [1.54, 1.807) is 19.0 Å². The lowest BCUT2D eigenvalue weighted by atomic mass is 10.4. The summed E-state index contributed by atoms with van der Waals surface area (Å²) in [4.78, 5) is 16.3. The van der Waals surface area contributed by atoms with Crippen molar-refractivity contribution in [1.82, 2.24) is 4.90 Å². The SMILES string of the molecule is CC.CCC(=NC)N(C)C(C)=O. The van der Waals surface area contributed by atoms with E-state index < -0.39 is 0 Å². The Labute approximate surface area is 75.5 Å². The van der Waals surface area contributed by atoms with E-state index in [-0.39, 0.29) is 5.91 Å². The average Bonchev–Trinajstić information content (AvgIpc) is 2.10. The van der Waals surface area contributed by atoms with Crippen LogP contribution in [0.3, 0.4) is 0 Å². The molecule has 0 bridgehead atoms. The van der Waals surface area contributed by atoms with Gasteiger partial charge in [-0.05, 0) is 0 Å². The zero-order valence-electron chi connectivity index (χ0n) is 9.01. The predicted molar refractivity (Wildman–Crippen MR) is 53.4 cm³/mol. The molecule has 0 spiro atoms. The second-order valence-electron chi connectivity index (χ2n) is 2.07. The first-order chi connectivity index (χ1) is 5.63. The number of carbonyl (C=O) groups is 1. The van der Waals surface area contributed by atoms with Crippen molar-refractivity contribution in [1.29, 1.82) is 0 Å². The van der Waals surface area contributed by atoms with Crippen molar-refractivity contribution in [2.24, 2.45) is 4.99 Å². The molecule has 0 saturated heterocycles. The van der Waals surface area contributed by atoms with Crippen LogP contribution < -0.4 is 0 Å². The molecule has 0 saturated carbocycles. The number of nitrogens with zero attached hydrogens (tertiary/aromatic N) is 2. The van der Waals surface area contributed by atoms with Crippen LogP contribution in [-0.2, 0) is 4.79 Å². The summed E-state index contributed by atoms with van der Waals surface area (Å²) in [6.07, 6.45) is 0.798. The maximum atomic E-state index is 10.7. The van der Waals surface area contributed by atoms with Gasteiger partial charge >= 0.3 is 0 Å². The first kappa shape index (κ1) is 13.7. The van der Waals surface area contributed by atoms with Crippen LogP contribution in [0.15, 0.2) is 4.99 Å². The van der Waals surface area contributed by atoms with Crippen LogP contribution in [0.4, 0.5) is 0 Å². The lowest BCUT2D eigenvalue weighted by Crippen LogP contribution is -2.30. The highest BCUT2D eigenvalue weighted by molar-refractivity contribution is 5.96. The molecule has 0 aromatic rings. The Morgan fingerprint density at radius 2 is 1.83 bits per heavy atom. The van der Waals surface area contributed by atoms with E-state index in [9.17, 15) is 4.79 Å². The summed E-state index contributed by atoms with van der Waals surface area (Å²) in [5, 5.41) is 0. The Bertz CT molecular complexity index is 153. The van der Waals surface area contributed by atoms with Gasteiger partial charge in [-0.2, -0.15) is 0 Å². The molecule has 0 radical (unpaired) electrons. The van der Waals surface area contributed by atoms with Gasteiger partial charge in [0.15, 0.2) is 0 Å². The van der Waals surface area contributed by atoms with E-state index in [1.807, 2.05) is 20.8 Å². The zero-order chi connectivity index (χ0) is 10.1. The molecular weight excluding hydrogens is 152 g/mol. The summed E-state index contributed by atoms with van der Waals surface area (Å²) < 4.78 is 0. The summed E-state index contributed by atoms with van der Waals surface area (Å²) in [7, 11) is 3.42. The molecule has 0 aliphatic carbocycles. The van der Waals surface area contributed by atoms with Gasteiger partial charge in [-0.3, -0.25) is 9.79 Å². The van der Waals surface area contributed by atoms with E-state index in [2.05, 4.69) is 4.99 Å². The highest BCUT2D eigenvalue weighted by Crippen LogP contribution is 1.92. The second-order valence-corrected chi connectivity index (χ2v) is 2.07. The Balaban J connectivity index is 0. The molecule has 0 aromatic carbocycles. The average molecular weight is 172 g/mol. The topological polar surface area (TPSA) is 32.7 Å². The van der Waals surface area contributed by atoms with E-state index >= 15 is 0 Å². The van der Waals surface area contributed by atoms with Crippen LogP contribution >= 0.6 is 0 Å². The summed E-state index contributed by atoms with van der Waals surface area (Å²) in [5.74, 6) is 0.856. The Morgan fingerprint density at radius 3 is 1.92 bits per heavy atom. The third kappa shape index (κ3) is 4.88. The third-order valence-corrected chi connectivity index (χ3v) is 1.43. The molecule has 12 heavy (non-hydrogen) atoms. The molecule has 3 nitrogen and oxygen atoms in total. The molecule has 72 valence electrons. The number of hydrogen-bond acceptors (Lipinski definition) is 2. The largest absolute Gasteiger partial charge is 0.304 e. The minimum absolute atomic E-state index is 0.0300. The maximum absolute atomic E-state index is 10.7. The Kier molecular flexibility index (Phi) is 9.41. The lowest BCUT2D eigenvalue weighted by molar-refractivity contribution is -0.124. The fourth-order valence-corrected chi connectivity index (χ4v) is 0.727. The van der Waals surface area contributed by atoms with Gasteiger partial charge in [0.2, 0.25) is 5.91 Å². The van der Waals surface area contributed by atoms with Crippen LogP contribution in [0.1, 0.15) is 34.1 Å². The van der Waals surface area contributed by atoms with Crippen LogP contribution in [0, 0.1) is 0 Å². The van der Waals surface area contributed by atoms with E-state index in [0.29, 0.717) is 0 Å². The summed E-state index contributed by atoms with van der Waals surface area (Å²) >= 11 is 0. The van der Waals surface area contributed by atoms with Gasteiger partial charge in [-0.15, -0.1) is 0 Å². The van der Waals surface area contributed by atoms with Crippen LogP contribution in [0.25, 0.3) is 0 Å². The third-order valence-electron chi connectivity index (χ3n) is 1.43. The van der Waals surface area contributed by atoms with Crippen molar-refractivity contribution in [3.8, 4) is 0 Å². The molecule has 0 atom stereocenters. The molecule has 0 aromatic heterocycles. The molecule has 3 heteroatoms. The number of amidine groups is 1. The number of carbonyl (C=O) groups excluding carboxylic acids is 1. The molecular formula is C9H20N2O. The maximum Gasteiger partial charge on any atom is 0.224 e. The van der Waals surface area contributed by atoms with Crippen molar-refractivity contribution < 1.29 is 4.79 Å². The summed E-state index contributed by atoms with van der Waals surface area (Å²) in [6, 6.07) is 0. The quantitative estimate of drug-likeness (QED) is 0.439. The first-order valence-corrected chi connectivity index (χ1v) is 4.33. The van der Waals surface area contributed by atoms with Crippen LogP contribution in [0.2, 0.25) is 0 Å². The monoisotopic (exact) mass is 172 g/mol. The first-order valence-electron chi connectivity index (χ1n) is 4.33. The minimum Gasteiger partial charge on any atom is -0.304 e. The van der Waals surface area contributed by atoms with E-state index in [1.165, 1.54) is 6.92 Å². The normalized spacial score (nSPS) is 10.0. The van der Waals surface area contributed by atoms with Crippen molar-refractivity contribution in [3.05, 3.63) is 0 Å². The smallest absolute Gasteiger partial charge is 0.224 e. The molecule has 0 aliphatic rings. The molecule has 0 heterocycles. The van der Waals surface area contributed by atoms with Crippen molar-refractivity contribution >= 4 is 11.7 Å². The number of amides is 1. The van der Waals surface area contributed by atoms with Gasteiger partial charge in [-0.25, -0.2) is 0 Å². The van der Waals surface area contributed by atoms with Crippen molar-refractivity contribution in [2.75, 3.05) is 14.1 Å². The van der Waals surface area contributed by atoms with Gasteiger partial charge in [0, 0.05) is 27.4 Å². The Morgan fingerprint density at radius 1 is 1.42 bits per heavy atom. The van der Waals surface area contributed by atoms with Crippen molar-refractivity contribution in [2.45, 2.75) is 34.1 Å². The van der Waals surface area contributed by atoms with E-state index in [0.717, 1.165) is 12.3 Å². The number of aliphatic imine (C=N–C) groups is 1. The lowest BCUT2D eigenvalue weighted by Gasteiger charge is -2.15. The highest BCUT2D eigenvalue weighted by Gasteiger charge is 2.05. The number of rotatable bonds is 1. The fourth-order valence-electron chi connectivity index (χ4n) is 0.727. The predicted octanol–water partition coefficient (Wildman–Crippen LogP) is 1.93. The Hall–Kier alpha value is -0.860. The molecule has 0 fully saturated rings. The van der Waals surface area contributed by atoms with Crippen molar-refractivity contribution in [3.63, 3.8) is 0 Å². The minimum atomic E-state index is 0.0300.